The van der Waals surface area contributed by atoms with Crippen LogP contribution < -0.4 is 5.32 Å². The van der Waals surface area contributed by atoms with Gasteiger partial charge in [-0.1, -0.05) is 13.8 Å². The van der Waals surface area contributed by atoms with Gasteiger partial charge in [-0.3, -0.25) is 4.79 Å². The van der Waals surface area contributed by atoms with Crippen LogP contribution in [0.25, 0.3) is 0 Å². The molecule has 0 aromatic carbocycles. The maximum atomic E-state index is 10.6. The molecule has 2 unspecified atom stereocenters. The Bertz CT molecular complexity index is 168. The number of carbonyl (C=O) groups is 1. The third-order valence-electron chi connectivity index (χ3n) is 2.20. The highest BCUT2D eigenvalue weighted by molar-refractivity contribution is 5.73. The zero-order chi connectivity index (χ0) is 10.5. The summed E-state index contributed by atoms with van der Waals surface area (Å²) in [6.07, 6.45) is 1.13. The van der Waals surface area contributed by atoms with Crippen molar-refractivity contribution in [2.75, 3.05) is 6.54 Å². The highest BCUT2D eigenvalue weighted by atomic mass is 16.4. The average Bonchev–Trinajstić information content (AvgIpc) is 2.05. The molecule has 4 nitrogen and oxygen atoms in total. The molecule has 0 radical (unpaired) electrons. The average molecular weight is 189 g/mol. The zero-order valence-corrected chi connectivity index (χ0v) is 8.50. The molecule has 0 aliphatic heterocycles. The Morgan fingerprint density at radius 1 is 1.54 bits per heavy atom. The van der Waals surface area contributed by atoms with Gasteiger partial charge in [-0.05, 0) is 19.8 Å². The van der Waals surface area contributed by atoms with Crippen molar-refractivity contribution >= 4 is 5.97 Å². The van der Waals surface area contributed by atoms with Crippen LogP contribution in [0.3, 0.4) is 0 Å². The van der Waals surface area contributed by atoms with Crippen LogP contribution in [0.4, 0.5) is 0 Å². The van der Waals surface area contributed by atoms with Crippen molar-refractivity contribution in [3.8, 4) is 0 Å². The number of aliphatic hydroxyl groups is 1. The molecule has 0 aromatic heterocycles. The molecule has 0 spiro atoms. The second-order valence-corrected chi connectivity index (χ2v) is 3.53. The summed E-state index contributed by atoms with van der Waals surface area (Å²) in [6.45, 7) is 5.67. The van der Waals surface area contributed by atoms with Gasteiger partial charge < -0.3 is 15.5 Å². The van der Waals surface area contributed by atoms with Crippen LogP contribution >= 0.6 is 0 Å². The second kappa shape index (κ2) is 5.19. The van der Waals surface area contributed by atoms with Crippen molar-refractivity contribution in [2.45, 2.75) is 45.3 Å². The maximum Gasteiger partial charge on any atom is 0.320 e. The van der Waals surface area contributed by atoms with E-state index in [1.165, 1.54) is 0 Å². The van der Waals surface area contributed by atoms with Crippen molar-refractivity contribution in [1.82, 2.24) is 5.32 Å². The van der Waals surface area contributed by atoms with E-state index in [2.05, 4.69) is 5.32 Å². The van der Waals surface area contributed by atoms with Gasteiger partial charge in [-0.15, -0.1) is 0 Å². The number of nitrogens with one attached hydrogen (secondary N) is 1. The number of aliphatic carboxylic acids is 1. The van der Waals surface area contributed by atoms with E-state index in [0.717, 1.165) is 0 Å². The molecular weight excluding hydrogens is 170 g/mol. The Morgan fingerprint density at radius 3 is 2.38 bits per heavy atom. The fourth-order valence-electron chi connectivity index (χ4n) is 0.874. The number of rotatable bonds is 6. The van der Waals surface area contributed by atoms with E-state index in [1.54, 1.807) is 13.8 Å². The van der Waals surface area contributed by atoms with Crippen LogP contribution in [-0.2, 0) is 4.79 Å². The van der Waals surface area contributed by atoms with Crippen molar-refractivity contribution in [3.63, 3.8) is 0 Å². The number of hydrogen-bond donors (Lipinski definition) is 3. The molecule has 0 aliphatic carbocycles. The first-order valence-electron chi connectivity index (χ1n) is 4.61. The van der Waals surface area contributed by atoms with Crippen molar-refractivity contribution in [1.29, 1.82) is 0 Å². The Labute approximate surface area is 79.0 Å². The van der Waals surface area contributed by atoms with Crippen LogP contribution in [0, 0.1) is 0 Å². The minimum absolute atomic E-state index is 0.314. The maximum absolute atomic E-state index is 10.6. The van der Waals surface area contributed by atoms with Gasteiger partial charge in [0.05, 0.1) is 5.60 Å². The molecule has 0 aromatic rings. The number of carboxylic acid groups (broad SMARTS) is 1. The van der Waals surface area contributed by atoms with E-state index in [-0.39, 0.29) is 0 Å². The van der Waals surface area contributed by atoms with E-state index >= 15 is 0 Å². The molecule has 0 bridgehead atoms. The van der Waals surface area contributed by atoms with E-state index in [9.17, 15) is 9.90 Å². The summed E-state index contributed by atoms with van der Waals surface area (Å²) >= 11 is 0. The van der Waals surface area contributed by atoms with Crippen molar-refractivity contribution < 1.29 is 15.0 Å². The zero-order valence-electron chi connectivity index (χ0n) is 8.50. The van der Waals surface area contributed by atoms with Gasteiger partial charge in [0.15, 0.2) is 0 Å². The lowest BCUT2D eigenvalue weighted by atomic mass is 10.0. The molecule has 0 rings (SSSR count). The normalized spacial score (nSPS) is 17.8. The Hall–Kier alpha value is -0.610. The van der Waals surface area contributed by atoms with Gasteiger partial charge in [0.2, 0.25) is 0 Å². The van der Waals surface area contributed by atoms with Crippen LogP contribution in [0.15, 0.2) is 0 Å². The van der Waals surface area contributed by atoms with Gasteiger partial charge in [-0.2, -0.15) is 0 Å². The summed E-state index contributed by atoms with van der Waals surface area (Å²) in [5.74, 6) is -0.866. The predicted molar refractivity (Wildman–Crippen MR) is 50.6 cm³/mol. The molecule has 0 saturated carbocycles. The molecule has 0 fully saturated rings. The summed E-state index contributed by atoms with van der Waals surface area (Å²) in [5.41, 5.74) is -0.817. The van der Waals surface area contributed by atoms with Crippen LogP contribution in [-0.4, -0.2) is 34.4 Å². The fourth-order valence-corrected chi connectivity index (χ4v) is 0.874. The number of carboxylic acids is 1. The smallest absolute Gasteiger partial charge is 0.320 e. The summed E-state index contributed by atoms with van der Waals surface area (Å²) in [5, 5.41) is 21.1. The molecule has 0 aliphatic rings. The van der Waals surface area contributed by atoms with Gasteiger partial charge in [0, 0.05) is 6.54 Å². The van der Waals surface area contributed by atoms with E-state index < -0.39 is 17.6 Å². The first-order valence-corrected chi connectivity index (χ1v) is 4.61. The molecule has 0 amide bonds. The largest absolute Gasteiger partial charge is 0.480 e. The van der Waals surface area contributed by atoms with Crippen molar-refractivity contribution in [2.24, 2.45) is 0 Å². The van der Waals surface area contributed by atoms with Crippen LogP contribution in [0.1, 0.15) is 33.6 Å². The number of hydrogen-bond acceptors (Lipinski definition) is 3. The third-order valence-corrected chi connectivity index (χ3v) is 2.20. The monoisotopic (exact) mass is 189 g/mol. The standard InChI is InChI=1S/C9H19NO3/c1-4-7(8(11)12)10-6-9(3,13)5-2/h7,10,13H,4-6H2,1-3H3,(H,11,12). The summed E-state index contributed by atoms with van der Waals surface area (Å²) in [7, 11) is 0. The minimum atomic E-state index is -0.866. The van der Waals surface area contributed by atoms with Crippen molar-refractivity contribution in [3.05, 3.63) is 0 Å². The molecule has 4 heteroatoms. The summed E-state index contributed by atoms with van der Waals surface area (Å²) < 4.78 is 0. The molecule has 78 valence electrons. The topological polar surface area (TPSA) is 69.6 Å². The lowest BCUT2D eigenvalue weighted by molar-refractivity contribution is -0.139. The van der Waals surface area contributed by atoms with E-state index in [1.807, 2.05) is 6.92 Å². The fraction of sp³-hybridized carbons (Fsp3) is 0.889. The summed E-state index contributed by atoms with van der Waals surface area (Å²) in [4.78, 5) is 10.6. The molecule has 0 heterocycles. The third kappa shape index (κ3) is 4.85. The lowest BCUT2D eigenvalue weighted by Crippen LogP contribution is -2.45. The molecule has 13 heavy (non-hydrogen) atoms. The first kappa shape index (κ1) is 12.4. The lowest BCUT2D eigenvalue weighted by Gasteiger charge is -2.23. The minimum Gasteiger partial charge on any atom is -0.480 e. The SMILES string of the molecule is CCC(NCC(C)(O)CC)C(=O)O. The highest BCUT2D eigenvalue weighted by Crippen LogP contribution is 2.06. The van der Waals surface area contributed by atoms with Gasteiger partial charge in [-0.25, -0.2) is 0 Å². The van der Waals surface area contributed by atoms with Gasteiger partial charge in [0.1, 0.15) is 6.04 Å². The predicted octanol–water partition coefficient (Wildman–Crippen LogP) is 0.600. The van der Waals surface area contributed by atoms with Gasteiger partial charge >= 0.3 is 5.97 Å². The van der Waals surface area contributed by atoms with E-state index in [4.69, 9.17) is 5.11 Å². The van der Waals surface area contributed by atoms with Gasteiger partial charge in [0.25, 0.3) is 0 Å². The second-order valence-electron chi connectivity index (χ2n) is 3.53. The molecule has 2 atom stereocenters. The quantitative estimate of drug-likeness (QED) is 0.572. The highest BCUT2D eigenvalue weighted by Gasteiger charge is 2.21. The van der Waals surface area contributed by atoms with Crippen LogP contribution in [0.5, 0.6) is 0 Å². The Balaban J connectivity index is 3.92. The Kier molecular flexibility index (Phi) is 4.95. The summed E-state index contributed by atoms with van der Waals surface area (Å²) in [6, 6.07) is -0.557. The van der Waals surface area contributed by atoms with Crippen LogP contribution in [0.2, 0.25) is 0 Å². The molecule has 3 N–H and O–H groups in total. The molecule has 0 saturated heterocycles. The Morgan fingerprint density at radius 2 is 2.08 bits per heavy atom. The molecular formula is C9H19NO3. The first-order chi connectivity index (χ1) is 5.93. The van der Waals surface area contributed by atoms with E-state index in [0.29, 0.717) is 19.4 Å².